The molecular weight excluding hydrogens is 396 g/mol. The highest BCUT2D eigenvalue weighted by Crippen LogP contribution is 2.41. The van der Waals surface area contributed by atoms with Gasteiger partial charge >= 0.3 is 6.09 Å². The lowest BCUT2D eigenvalue weighted by molar-refractivity contribution is 0.138. The third-order valence-electron chi connectivity index (χ3n) is 6.72. The van der Waals surface area contributed by atoms with Gasteiger partial charge in [0.25, 0.3) is 0 Å². The third-order valence-corrected chi connectivity index (χ3v) is 7.96. The van der Waals surface area contributed by atoms with Crippen LogP contribution in [0.5, 0.6) is 0 Å². The lowest BCUT2D eigenvalue weighted by Crippen LogP contribution is -2.43. The standard InChI is InChI=1S/C21H27F2N3O2S/c22-18-6-16(7-19(23)20(18)26-14-4-5-15(26)12-29-11-14)25-10-17(28-21(25)27)9-24-8-13-2-1-3-13/h6-7,13-15,17,24H,1-5,8-12H2/t14?,15?,17-/m0/s1. The molecular formula is C21H27F2N3O2S. The molecule has 3 atom stereocenters. The van der Waals surface area contributed by atoms with Crippen molar-refractivity contribution >= 4 is 29.2 Å². The zero-order valence-corrected chi connectivity index (χ0v) is 17.2. The molecule has 3 aliphatic heterocycles. The van der Waals surface area contributed by atoms with E-state index >= 15 is 8.78 Å². The van der Waals surface area contributed by atoms with Gasteiger partial charge in [0, 0.05) is 42.3 Å². The fourth-order valence-corrected chi connectivity index (χ4v) is 6.27. The first-order valence-electron chi connectivity index (χ1n) is 10.6. The highest BCUT2D eigenvalue weighted by molar-refractivity contribution is 7.99. The van der Waals surface area contributed by atoms with Crippen LogP contribution in [0.3, 0.4) is 0 Å². The summed E-state index contributed by atoms with van der Waals surface area (Å²) in [7, 11) is 0. The number of thioether (sulfide) groups is 1. The minimum absolute atomic E-state index is 0.0628. The average molecular weight is 424 g/mol. The van der Waals surface area contributed by atoms with Crippen LogP contribution in [0, 0.1) is 17.6 Å². The summed E-state index contributed by atoms with van der Waals surface area (Å²) in [6.07, 6.45) is 4.92. The maximum absolute atomic E-state index is 15.0. The predicted octanol–water partition coefficient (Wildman–Crippen LogP) is 3.76. The molecule has 0 spiro atoms. The number of benzene rings is 1. The molecule has 1 aromatic rings. The molecule has 8 heteroatoms. The largest absolute Gasteiger partial charge is 0.443 e. The Bertz CT molecular complexity index is 752. The highest BCUT2D eigenvalue weighted by atomic mass is 32.2. The van der Waals surface area contributed by atoms with E-state index in [1.807, 2.05) is 16.7 Å². The molecule has 4 fully saturated rings. The van der Waals surface area contributed by atoms with E-state index in [0.717, 1.165) is 36.8 Å². The molecule has 1 aromatic carbocycles. The van der Waals surface area contributed by atoms with Gasteiger partial charge in [-0.15, -0.1) is 0 Å². The monoisotopic (exact) mass is 423 g/mol. The molecule has 2 unspecified atom stereocenters. The summed E-state index contributed by atoms with van der Waals surface area (Å²) >= 11 is 1.86. The van der Waals surface area contributed by atoms with E-state index < -0.39 is 17.7 Å². The third kappa shape index (κ3) is 3.69. The van der Waals surface area contributed by atoms with Gasteiger partial charge in [-0.2, -0.15) is 11.8 Å². The first kappa shape index (κ1) is 19.4. The maximum atomic E-state index is 15.0. The van der Waals surface area contributed by atoms with Crippen molar-refractivity contribution in [1.29, 1.82) is 0 Å². The summed E-state index contributed by atoms with van der Waals surface area (Å²) in [6, 6.07) is 2.95. The Kier molecular flexibility index (Phi) is 5.32. The summed E-state index contributed by atoms with van der Waals surface area (Å²) in [5, 5.41) is 3.35. The molecule has 1 amide bonds. The number of fused-ring (bicyclic) bond motifs is 2. The van der Waals surface area contributed by atoms with Crippen LogP contribution in [0.4, 0.5) is 25.0 Å². The van der Waals surface area contributed by atoms with Gasteiger partial charge in [0.05, 0.1) is 12.2 Å². The number of carbonyl (C=O) groups is 1. The molecule has 2 bridgehead atoms. The van der Waals surface area contributed by atoms with Crippen LogP contribution in [0.2, 0.25) is 0 Å². The Morgan fingerprint density at radius 1 is 1.07 bits per heavy atom. The molecule has 5 nitrogen and oxygen atoms in total. The van der Waals surface area contributed by atoms with Crippen molar-refractivity contribution in [3.63, 3.8) is 0 Å². The Balaban J connectivity index is 1.28. The predicted molar refractivity (Wildman–Crippen MR) is 111 cm³/mol. The lowest BCUT2D eigenvalue weighted by Gasteiger charge is -2.37. The number of ether oxygens (including phenoxy) is 1. The molecule has 5 rings (SSSR count). The first-order chi connectivity index (χ1) is 14.1. The molecule has 1 aliphatic carbocycles. The summed E-state index contributed by atoms with van der Waals surface area (Å²) in [6.45, 7) is 1.80. The molecule has 4 aliphatic rings. The van der Waals surface area contributed by atoms with Gasteiger partial charge < -0.3 is 15.0 Å². The van der Waals surface area contributed by atoms with Crippen LogP contribution < -0.4 is 15.1 Å². The zero-order chi connectivity index (χ0) is 20.0. The molecule has 1 N–H and O–H groups in total. The van der Waals surface area contributed by atoms with E-state index in [9.17, 15) is 4.79 Å². The van der Waals surface area contributed by atoms with Crippen LogP contribution in [-0.2, 0) is 4.74 Å². The van der Waals surface area contributed by atoms with Crippen molar-refractivity contribution in [2.24, 2.45) is 5.92 Å². The number of amides is 1. The molecule has 0 aromatic heterocycles. The minimum atomic E-state index is -0.594. The SMILES string of the molecule is O=C1O[C@@H](CNCC2CCC2)CN1c1cc(F)c(N2C3CCC2CSC3)c(F)c1. The van der Waals surface area contributed by atoms with E-state index in [0.29, 0.717) is 13.1 Å². The van der Waals surface area contributed by atoms with E-state index in [4.69, 9.17) is 4.74 Å². The van der Waals surface area contributed by atoms with Crippen molar-refractivity contribution < 1.29 is 18.3 Å². The molecule has 29 heavy (non-hydrogen) atoms. The summed E-state index contributed by atoms with van der Waals surface area (Å²) in [5.74, 6) is 1.35. The second kappa shape index (κ2) is 7.95. The van der Waals surface area contributed by atoms with Crippen molar-refractivity contribution in [2.75, 3.05) is 40.9 Å². The van der Waals surface area contributed by atoms with Gasteiger partial charge in [-0.3, -0.25) is 4.90 Å². The zero-order valence-electron chi connectivity index (χ0n) is 16.4. The maximum Gasteiger partial charge on any atom is 0.414 e. The normalized spacial score (nSPS) is 29.3. The van der Waals surface area contributed by atoms with Crippen molar-refractivity contribution in [1.82, 2.24) is 5.32 Å². The summed E-state index contributed by atoms with van der Waals surface area (Å²) in [4.78, 5) is 15.6. The van der Waals surface area contributed by atoms with Gasteiger partial charge in [-0.1, -0.05) is 6.42 Å². The Morgan fingerprint density at radius 2 is 1.76 bits per heavy atom. The Morgan fingerprint density at radius 3 is 2.38 bits per heavy atom. The van der Waals surface area contributed by atoms with Gasteiger partial charge in [0.15, 0.2) is 11.6 Å². The quantitative estimate of drug-likeness (QED) is 0.755. The van der Waals surface area contributed by atoms with Gasteiger partial charge in [0.2, 0.25) is 0 Å². The van der Waals surface area contributed by atoms with E-state index in [1.54, 1.807) is 0 Å². The van der Waals surface area contributed by atoms with Crippen molar-refractivity contribution in [2.45, 2.75) is 50.3 Å². The summed E-state index contributed by atoms with van der Waals surface area (Å²) < 4.78 is 35.4. The second-order valence-corrected chi connectivity index (χ2v) is 9.73. The lowest BCUT2D eigenvalue weighted by atomic mass is 9.85. The molecule has 0 radical (unpaired) electrons. The van der Waals surface area contributed by atoms with Crippen LogP contribution in [0.25, 0.3) is 0 Å². The molecule has 3 heterocycles. The summed E-state index contributed by atoms with van der Waals surface area (Å²) in [5.41, 5.74) is 0.293. The number of carbonyl (C=O) groups excluding carboxylic acids is 1. The van der Waals surface area contributed by atoms with Crippen LogP contribution in [0.1, 0.15) is 32.1 Å². The fraction of sp³-hybridized carbons (Fsp3) is 0.667. The van der Waals surface area contributed by atoms with E-state index in [-0.39, 0.29) is 29.6 Å². The number of cyclic esters (lactones) is 1. The number of hydrogen-bond donors (Lipinski definition) is 1. The van der Waals surface area contributed by atoms with E-state index in [1.165, 1.54) is 36.3 Å². The van der Waals surface area contributed by atoms with Gasteiger partial charge in [-0.05, 0) is 38.1 Å². The molecule has 1 saturated carbocycles. The van der Waals surface area contributed by atoms with Crippen molar-refractivity contribution in [3.05, 3.63) is 23.8 Å². The number of nitrogens with one attached hydrogen (secondary N) is 1. The highest BCUT2D eigenvalue weighted by Gasteiger charge is 2.40. The second-order valence-electron chi connectivity index (χ2n) is 8.66. The van der Waals surface area contributed by atoms with Crippen LogP contribution >= 0.6 is 11.8 Å². The topological polar surface area (TPSA) is 44.8 Å². The van der Waals surface area contributed by atoms with Gasteiger partial charge in [0.1, 0.15) is 11.8 Å². The van der Waals surface area contributed by atoms with Crippen LogP contribution in [-0.4, -0.2) is 55.4 Å². The number of hydrogen-bond acceptors (Lipinski definition) is 5. The van der Waals surface area contributed by atoms with Gasteiger partial charge in [-0.25, -0.2) is 13.6 Å². The smallest absolute Gasteiger partial charge is 0.414 e. The van der Waals surface area contributed by atoms with Crippen molar-refractivity contribution in [3.8, 4) is 0 Å². The number of halogens is 2. The Hall–Kier alpha value is -1.54. The number of anilines is 2. The molecule has 158 valence electrons. The molecule has 3 saturated heterocycles. The number of rotatable bonds is 6. The Labute approximate surface area is 174 Å². The number of nitrogens with zero attached hydrogens (tertiary/aromatic N) is 2. The minimum Gasteiger partial charge on any atom is -0.443 e. The van der Waals surface area contributed by atoms with E-state index in [2.05, 4.69) is 5.32 Å². The average Bonchev–Trinajstić information content (AvgIpc) is 3.12. The first-order valence-corrected chi connectivity index (χ1v) is 11.8. The fourth-order valence-electron chi connectivity index (χ4n) is 4.93. The van der Waals surface area contributed by atoms with Crippen LogP contribution in [0.15, 0.2) is 12.1 Å².